The van der Waals surface area contributed by atoms with E-state index in [2.05, 4.69) is 4.99 Å². The Morgan fingerprint density at radius 2 is 2.29 bits per heavy atom. The summed E-state index contributed by atoms with van der Waals surface area (Å²) in [5.74, 6) is -0.999. The molecule has 2 aliphatic rings. The van der Waals surface area contributed by atoms with Crippen molar-refractivity contribution in [1.82, 2.24) is 4.90 Å². The number of rotatable bonds is 1. The number of amides is 1. The minimum atomic E-state index is -0.487. The van der Waals surface area contributed by atoms with Gasteiger partial charge in [0.2, 0.25) is 0 Å². The number of phenolic OH excluding ortho intramolecular Hbond substituents is 1. The number of aliphatic hydroxyl groups is 1. The molecule has 1 atom stereocenters. The van der Waals surface area contributed by atoms with Crippen molar-refractivity contribution >= 4 is 28.9 Å². The van der Waals surface area contributed by atoms with Crippen LogP contribution in [0.3, 0.4) is 0 Å². The molecule has 21 heavy (non-hydrogen) atoms. The van der Waals surface area contributed by atoms with Crippen molar-refractivity contribution in [2.24, 2.45) is 4.99 Å². The second-order valence-electron chi connectivity index (χ2n) is 4.90. The molecule has 2 aliphatic heterocycles. The highest BCUT2D eigenvalue weighted by molar-refractivity contribution is 8.18. The number of halogens is 1. The molecule has 2 N–H and O–H groups in total. The second-order valence-corrected chi connectivity index (χ2v) is 5.91. The quantitative estimate of drug-likeness (QED) is 0.770. The molecule has 7 heteroatoms. The Morgan fingerprint density at radius 3 is 3.00 bits per heavy atom. The van der Waals surface area contributed by atoms with E-state index in [1.807, 2.05) is 4.90 Å². The number of carbonyl (C=O) groups excluding carboxylic acids is 1. The minimum absolute atomic E-state index is 0.0951. The zero-order valence-electron chi connectivity index (χ0n) is 11.0. The molecular weight excluding hydrogens is 295 g/mol. The van der Waals surface area contributed by atoms with Crippen LogP contribution in [0.5, 0.6) is 5.75 Å². The fourth-order valence-corrected chi connectivity index (χ4v) is 3.17. The van der Waals surface area contributed by atoms with Crippen LogP contribution in [0.25, 0.3) is 6.08 Å². The van der Waals surface area contributed by atoms with Gasteiger partial charge in [-0.2, -0.15) is 4.99 Å². The Kier molecular flexibility index (Phi) is 3.69. The van der Waals surface area contributed by atoms with Crippen molar-refractivity contribution in [2.75, 3.05) is 13.1 Å². The zero-order valence-corrected chi connectivity index (χ0v) is 11.8. The molecule has 0 unspecified atom stereocenters. The van der Waals surface area contributed by atoms with E-state index >= 15 is 0 Å². The van der Waals surface area contributed by atoms with Gasteiger partial charge >= 0.3 is 0 Å². The lowest BCUT2D eigenvalue weighted by molar-refractivity contribution is -0.113. The van der Waals surface area contributed by atoms with Crippen LogP contribution in [0.4, 0.5) is 4.39 Å². The van der Waals surface area contributed by atoms with Gasteiger partial charge in [0.1, 0.15) is 11.6 Å². The number of benzene rings is 1. The Balaban J connectivity index is 1.81. The number of nitrogens with zero attached hydrogens (tertiary/aromatic N) is 2. The summed E-state index contributed by atoms with van der Waals surface area (Å²) in [4.78, 5) is 18.0. The first-order chi connectivity index (χ1) is 10.0. The van der Waals surface area contributed by atoms with Gasteiger partial charge in [-0.15, -0.1) is 0 Å². The van der Waals surface area contributed by atoms with E-state index in [-0.39, 0.29) is 11.3 Å². The molecule has 1 aromatic rings. The Hall–Kier alpha value is -1.86. The van der Waals surface area contributed by atoms with E-state index < -0.39 is 17.8 Å². The maximum atomic E-state index is 13.2. The Bertz CT molecular complexity index is 660. The number of aliphatic imine (C=N–C) groups is 1. The van der Waals surface area contributed by atoms with Gasteiger partial charge in [0.25, 0.3) is 5.91 Å². The number of β-amino-alcohol motifs (C(OH)–C–C–N with tert-alkyl or cyclic N) is 1. The molecule has 0 spiro atoms. The third-order valence-corrected chi connectivity index (χ3v) is 4.36. The summed E-state index contributed by atoms with van der Waals surface area (Å²) in [5.41, 5.74) is 0.240. The predicted molar refractivity (Wildman–Crippen MR) is 78.3 cm³/mol. The number of hydrogen-bond donors (Lipinski definition) is 2. The van der Waals surface area contributed by atoms with Crippen LogP contribution in [0.1, 0.15) is 12.0 Å². The molecule has 5 nitrogen and oxygen atoms in total. The molecule has 1 amide bonds. The molecule has 0 bridgehead atoms. The number of hydrogen-bond acceptors (Lipinski definition) is 5. The van der Waals surface area contributed by atoms with Gasteiger partial charge in [-0.1, -0.05) is 0 Å². The largest absolute Gasteiger partial charge is 0.507 e. The molecule has 0 saturated carbocycles. The van der Waals surface area contributed by atoms with Crippen molar-refractivity contribution < 1.29 is 19.4 Å². The molecule has 0 aliphatic carbocycles. The highest BCUT2D eigenvalue weighted by atomic mass is 32.2. The standard InChI is InChI=1S/C14H13FN2O3S/c15-9-1-2-11(19)8(5-9)6-12-13(20)16-14(21-12)17-4-3-10(18)7-17/h1-2,5-6,10,18-19H,3-4,7H2/t10-/m0/s1. The topological polar surface area (TPSA) is 73.1 Å². The maximum Gasteiger partial charge on any atom is 0.286 e. The van der Waals surface area contributed by atoms with E-state index in [9.17, 15) is 19.4 Å². The smallest absolute Gasteiger partial charge is 0.286 e. The molecule has 0 aromatic heterocycles. The first kappa shape index (κ1) is 14.1. The van der Waals surface area contributed by atoms with Crippen molar-refractivity contribution in [3.63, 3.8) is 0 Å². The summed E-state index contributed by atoms with van der Waals surface area (Å²) >= 11 is 1.17. The van der Waals surface area contributed by atoms with Crippen LogP contribution in [0.2, 0.25) is 0 Å². The maximum absolute atomic E-state index is 13.2. The molecule has 1 aromatic carbocycles. The van der Waals surface area contributed by atoms with Crippen LogP contribution < -0.4 is 0 Å². The van der Waals surface area contributed by atoms with E-state index in [0.29, 0.717) is 29.6 Å². The Morgan fingerprint density at radius 1 is 1.48 bits per heavy atom. The summed E-state index contributed by atoms with van der Waals surface area (Å²) < 4.78 is 13.2. The summed E-state index contributed by atoms with van der Waals surface area (Å²) in [5, 5.41) is 19.7. The minimum Gasteiger partial charge on any atom is -0.507 e. The SMILES string of the molecule is O=C1N=C(N2CC[C@H](O)C2)SC1=Cc1cc(F)ccc1O. The van der Waals surface area contributed by atoms with Crippen LogP contribution in [0.15, 0.2) is 28.1 Å². The monoisotopic (exact) mass is 308 g/mol. The lowest BCUT2D eigenvalue weighted by atomic mass is 10.2. The fraction of sp³-hybridized carbons (Fsp3) is 0.286. The van der Waals surface area contributed by atoms with Crippen LogP contribution in [-0.4, -0.2) is 45.4 Å². The highest BCUT2D eigenvalue weighted by Gasteiger charge is 2.30. The predicted octanol–water partition coefficient (Wildman–Crippen LogP) is 1.57. The van der Waals surface area contributed by atoms with Gasteiger partial charge < -0.3 is 15.1 Å². The first-order valence-corrected chi connectivity index (χ1v) is 7.28. The third-order valence-electron chi connectivity index (χ3n) is 3.32. The van der Waals surface area contributed by atoms with Crippen LogP contribution in [-0.2, 0) is 4.79 Å². The summed E-state index contributed by atoms with van der Waals surface area (Å²) in [7, 11) is 0. The van der Waals surface area contributed by atoms with E-state index in [1.165, 1.54) is 23.9 Å². The lowest BCUT2D eigenvalue weighted by Crippen LogP contribution is -2.26. The number of aliphatic hydroxyl groups excluding tert-OH is 1. The number of carbonyl (C=O) groups is 1. The number of amidine groups is 1. The first-order valence-electron chi connectivity index (χ1n) is 6.47. The van der Waals surface area contributed by atoms with Gasteiger partial charge in [0.05, 0.1) is 11.0 Å². The lowest BCUT2D eigenvalue weighted by Gasteiger charge is -2.15. The zero-order chi connectivity index (χ0) is 15.0. The third kappa shape index (κ3) is 2.93. The summed E-state index contributed by atoms with van der Waals surface area (Å²) in [6.45, 7) is 1.11. The van der Waals surface area contributed by atoms with Gasteiger partial charge in [0, 0.05) is 18.7 Å². The van der Waals surface area contributed by atoms with Gasteiger partial charge in [-0.3, -0.25) is 4.79 Å². The Labute approximate surface area is 124 Å². The second kappa shape index (κ2) is 5.50. The van der Waals surface area contributed by atoms with Gasteiger partial charge in [-0.05, 0) is 42.5 Å². The fourth-order valence-electron chi connectivity index (χ4n) is 2.23. The number of thioether (sulfide) groups is 1. The molecule has 0 radical (unpaired) electrons. The number of phenols is 1. The van der Waals surface area contributed by atoms with Crippen LogP contribution >= 0.6 is 11.8 Å². The molecule has 2 heterocycles. The van der Waals surface area contributed by atoms with Crippen molar-refractivity contribution in [1.29, 1.82) is 0 Å². The van der Waals surface area contributed by atoms with E-state index in [0.717, 1.165) is 12.1 Å². The van der Waals surface area contributed by atoms with Gasteiger partial charge in [0.15, 0.2) is 5.17 Å². The van der Waals surface area contributed by atoms with Crippen molar-refractivity contribution in [3.05, 3.63) is 34.5 Å². The molecule has 3 rings (SSSR count). The van der Waals surface area contributed by atoms with Crippen molar-refractivity contribution in [3.8, 4) is 5.75 Å². The number of likely N-dealkylation sites (tertiary alicyclic amines) is 1. The number of aromatic hydroxyl groups is 1. The molecule has 1 fully saturated rings. The molecule has 110 valence electrons. The summed E-state index contributed by atoms with van der Waals surface area (Å²) in [6.07, 6.45) is 1.68. The molecular formula is C14H13FN2O3S. The van der Waals surface area contributed by atoms with E-state index in [4.69, 9.17) is 0 Å². The van der Waals surface area contributed by atoms with E-state index in [1.54, 1.807) is 0 Å². The molecule has 1 saturated heterocycles. The summed E-state index contributed by atoms with van der Waals surface area (Å²) in [6, 6.07) is 3.55. The normalized spacial score (nSPS) is 24.0. The van der Waals surface area contributed by atoms with Gasteiger partial charge in [-0.25, -0.2) is 4.39 Å². The average Bonchev–Trinajstić information content (AvgIpc) is 3.01. The van der Waals surface area contributed by atoms with Crippen molar-refractivity contribution in [2.45, 2.75) is 12.5 Å². The average molecular weight is 308 g/mol. The van der Waals surface area contributed by atoms with Crippen LogP contribution in [0, 0.1) is 5.82 Å². The highest BCUT2D eigenvalue weighted by Crippen LogP contribution is 2.33.